The molecule has 0 bridgehead atoms. The van der Waals surface area contributed by atoms with Crippen LogP contribution in [-0.2, 0) is 17.1 Å². The normalized spacial score (nSPS) is 5.00. The molecule has 0 aliphatic carbocycles. The molecule has 0 saturated carbocycles. The van der Waals surface area contributed by atoms with Crippen molar-refractivity contribution >= 4 is 0 Å². The van der Waals surface area contributed by atoms with Gasteiger partial charge >= 0.3 is 17.1 Å². The van der Waals surface area contributed by atoms with Crippen LogP contribution in [0.15, 0.2) is 6.08 Å². The fourth-order valence-corrected chi connectivity index (χ4v) is 0. The van der Waals surface area contributed by atoms with E-state index in [0.717, 1.165) is 0 Å². The predicted octanol–water partition coefficient (Wildman–Crippen LogP) is -0.0346. The van der Waals surface area contributed by atoms with Crippen LogP contribution in [0.3, 0.4) is 0 Å². The molecule has 0 rings (SSSR count). The second-order valence-corrected chi connectivity index (χ2v) is 0.418. The van der Waals surface area contributed by atoms with Gasteiger partial charge in [-0.1, -0.05) is 0 Å². The van der Waals surface area contributed by atoms with E-state index in [1.807, 2.05) is 0 Å². The Morgan fingerprint density at radius 1 is 1.80 bits per heavy atom. The molecule has 34 valence electrons. The van der Waals surface area contributed by atoms with Gasteiger partial charge in [-0.15, -0.1) is 0 Å². The Kier molecular flexibility index (Phi) is 15.9. The SMILES string of the molecule is [CH-]=CCO.[Cu+]. The summed E-state index contributed by atoms with van der Waals surface area (Å²) in [4.78, 5) is 0. The molecule has 1 N–H and O–H groups in total. The van der Waals surface area contributed by atoms with Gasteiger partial charge in [-0.3, -0.25) is 0 Å². The largest absolute Gasteiger partial charge is 1.00 e. The van der Waals surface area contributed by atoms with E-state index in [0.29, 0.717) is 0 Å². The van der Waals surface area contributed by atoms with Gasteiger partial charge in [0.25, 0.3) is 0 Å². The summed E-state index contributed by atoms with van der Waals surface area (Å²) in [5, 5.41) is 7.69. The van der Waals surface area contributed by atoms with Crippen LogP contribution in [0.25, 0.3) is 0 Å². The van der Waals surface area contributed by atoms with E-state index < -0.39 is 0 Å². The zero-order valence-corrected chi connectivity index (χ0v) is 3.55. The van der Waals surface area contributed by atoms with Crippen molar-refractivity contribution in [2.24, 2.45) is 0 Å². The van der Waals surface area contributed by atoms with E-state index in [1.165, 1.54) is 6.08 Å². The molecule has 0 spiro atoms. The zero-order valence-electron chi connectivity index (χ0n) is 2.61. The van der Waals surface area contributed by atoms with Gasteiger partial charge in [-0.25, -0.2) is 6.08 Å². The van der Waals surface area contributed by atoms with Gasteiger partial charge in [-0.2, -0.15) is 0 Å². The molecule has 0 unspecified atom stereocenters. The van der Waals surface area contributed by atoms with Crippen LogP contribution in [0.4, 0.5) is 0 Å². The molecule has 0 aliphatic rings. The van der Waals surface area contributed by atoms with Gasteiger partial charge in [0.15, 0.2) is 0 Å². The van der Waals surface area contributed by atoms with Crippen LogP contribution < -0.4 is 0 Å². The van der Waals surface area contributed by atoms with Crippen molar-refractivity contribution in [3.63, 3.8) is 0 Å². The maximum absolute atomic E-state index is 7.69. The van der Waals surface area contributed by atoms with E-state index in [4.69, 9.17) is 5.11 Å². The Hall–Kier alpha value is 0.219. The van der Waals surface area contributed by atoms with Crippen molar-refractivity contribution in [1.82, 2.24) is 0 Å². The Labute approximate surface area is 42.2 Å². The summed E-state index contributed by atoms with van der Waals surface area (Å²) in [6.45, 7) is 4.62. The fourth-order valence-electron chi connectivity index (χ4n) is 0. The molecule has 0 aromatic rings. The maximum atomic E-state index is 7.69. The van der Waals surface area contributed by atoms with Crippen molar-refractivity contribution in [2.45, 2.75) is 0 Å². The van der Waals surface area contributed by atoms with E-state index in [-0.39, 0.29) is 23.7 Å². The molecular weight excluding hydrogens is 116 g/mol. The maximum Gasteiger partial charge on any atom is 1.00 e. The molecule has 0 aromatic carbocycles. The quantitative estimate of drug-likeness (QED) is 0.381. The van der Waals surface area contributed by atoms with Gasteiger partial charge in [0.1, 0.15) is 0 Å². The van der Waals surface area contributed by atoms with E-state index in [9.17, 15) is 0 Å². The third-order valence-electron chi connectivity index (χ3n) is 0.105. The Morgan fingerprint density at radius 3 is 2.00 bits per heavy atom. The second-order valence-electron chi connectivity index (χ2n) is 0.418. The smallest absolute Gasteiger partial charge is 0.516 e. The Balaban J connectivity index is 0. The molecule has 2 heteroatoms. The standard InChI is InChI=1S/C3H5O.Cu/c1-2-3-4;/h1-2,4H,3H2;/q-1;+1. The summed E-state index contributed by atoms with van der Waals surface area (Å²) >= 11 is 0. The van der Waals surface area contributed by atoms with Crippen LogP contribution in [-0.4, -0.2) is 11.7 Å². The van der Waals surface area contributed by atoms with Gasteiger partial charge in [0, 0.05) is 6.61 Å². The van der Waals surface area contributed by atoms with Crippen molar-refractivity contribution < 1.29 is 22.2 Å². The van der Waals surface area contributed by atoms with E-state index in [2.05, 4.69) is 6.58 Å². The van der Waals surface area contributed by atoms with Crippen LogP contribution in [0.1, 0.15) is 0 Å². The molecule has 0 aliphatic heterocycles. The third kappa shape index (κ3) is 14.0. The van der Waals surface area contributed by atoms with Crippen LogP contribution in [0, 0.1) is 6.58 Å². The third-order valence-corrected chi connectivity index (χ3v) is 0.105. The first-order chi connectivity index (χ1) is 1.91. The molecule has 0 radical (unpaired) electrons. The van der Waals surface area contributed by atoms with E-state index in [1.54, 1.807) is 0 Å². The molecule has 1 nitrogen and oxygen atoms in total. The minimum absolute atomic E-state index is 0. The first kappa shape index (κ1) is 8.97. The minimum Gasteiger partial charge on any atom is -0.516 e. The predicted molar refractivity (Wildman–Crippen MR) is 16.0 cm³/mol. The summed E-state index contributed by atoms with van der Waals surface area (Å²) in [6, 6.07) is 0. The number of rotatable bonds is 1. The molecule has 0 heterocycles. The minimum atomic E-state index is -0.0278. The number of aliphatic hydroxyl groups excluding tert-OH is 1. The monoisotopic (exact) mass is 120 g/mol. The summed E-state index contributed by atoms with van der Waals surface area (Å²) in [6.07, 6.45) is 1.18. The first-order valence-electron chi connectivity index (χ1n) is 1.06. The van der Waals surface area contributed by atoms with Gasteiger partial charge in [0.2, 0.25) is 0 Å². The number of hydrogen-bond acceptors (Lipinski definition) is 1. The van der Waals surface area contributed by atoms with E-state index >= 15 is 0 Å². The molecule has 0 saturated heterocycles. The molecule has 0 amide bonds. The van der Waals surface area contributed by atoms with Crippen LogP contribution in [0.2, 0.25) is 0 Å². The fraction of sp³-hybridized carbons (Fsp3) is 0.333. The van der Waals surface area contributed by atoms with Crippen molar-refractivity contribution in [1.29, 1.82) is 0 Å². The average Bonchev–Trinajstić information content (AvgIpc) is 1.37. The summed E-state index contributed by atoms with van der Waals surface area (Å²) in [5.74, 6) is 0. The molecule has 5 heavy (non-hydrogen) atoms. The summed E-state index contributed by atoms with van der Waals surface area (Å²) in [7, 11) is 0. The number of aliphatic hydroxyl groups is 1. The van der Waals surface area contributed by atoms with Crippen molar-refractivity contribution in [3.8, 4) is 0 Å². The number of hydrogen-bond donors (Lipinski definition) is 1. The molecule has 0 fully saturated rings. The van der Waals surface area contributed by atoms with Gasteiger partial charge < -0.3 is 11.7 Å². The van der Waals surface area contributed by atoms with Gasteiger partial charge in [-0.05, 0) is 0 Å². The Bertz CT molecular complexity index is 20.9. The van der Waals surface area contributed by atoms with Gasteiger partial charge in [0.05, 0.1) is 0 Å². The molecule has 0 atom stereocenters. The zero-order chi connectivity index (χ0) is 3.41. The summed E-state index contributed by atoms with van der Waals surface area (Å²) < 4.78 is 0. The van der Waals surface area contributed by atoms with Crippen molar-refractivity contribution in [2.75, 3.05) is 6.61 Å². The van der Waals surface area contributed by atoms with Crippen LogP contribution >= 0.6 is 0 Å². The molecular formula is C3H5CuO. The molecule has 0 aromatic heterocycles. The Morgan fingerprint density at radius 2 is 2.00 bits per heavy atom. The van der Waals surface area contributed by atoms with Crippen LogP contribution in [0.5, 0.6) is 0 Å². The van der Waals surface area contributed by atoms with Crippen molar-refractivity contribution in [3.05, 3.63) is 12.7 Å². The topological polar surface area (TPSA) is 20.2 Å². The second kappa shape index (κ2) is 8.88. The first-order valence-corrected chi connectivity index (χ1v) is 1.06. The average molecular weight is 121 g/mol. The summed E-state index contributed by atoms with van der Waals surface area (Å²) in [5.41, 5.74) is 0.